The Labute approximate surface area is 117 Å². The molecular weight excluding hydrogens is 254 g/mol. The van der Waals surface area contributed by atoms with Gasteiger partial charge in [0.05, 0.1) is 5.56 Å². The standard InChI is InChI=1S/C16H15NO3/c1-11-4-3-5-12(8-11)13-6-7-15(14(9-13)10-18)16(19)17(2)20/h3-10,20H,1-2H3. The number of aldehydes is 1. The molecule has 0 bridgehead atoms. The molecule has 0 unspecified atom stereocenters. The van der Waals surface area contributed by atoms with E-state index in [1.807, 2.05) is 31.2 Å². The van der Waals surface area contributed by atoms with Crippen molar-refractivity contribution in [3.8, 4) is 11.1 Å². The molecule has 4 heteroatoms. The number of aryl methyl sites for hydroxylation is 1. The van der Waals surface area contributed by atoms with Crippen LogP contribution < -0.4 is 0 Å². The van der Waals surface area contributed by atoms with Gasteiger partial charge in [0.25, 0.3) is 5.91 Å². The molecule has 2 aromatic rings. The normalized spacial score (nSPS) is 10.2. The Kier molecular flexibility index (Phi) is 3.96. The van der Waals surface area contributed by atoms with Gasteiger partial charge in [-0.2, -0.15) is 0 Å². The lowest BCUT2D eigenvalue weighted by Gasteiger charge is -2.11. The minimum atomic E-state index is -0.608. The maximum atomic E-state index is 11.7. The highest BCUT2D eigenvalue weighted by atomic mass is 16.5. The first-order valence-electron chi connectivity index (χ1n) is 6.16. The molecule has 102 valence electrons. The molecule has 4 nitrogen and oxygen atoms in total. The van der Waals surface area contributed by atoms with E-state index in [0.717, 1.165) is 16.7 Å². The number of benzene rings is 2. The lowest BCUT2D eigenvalue weighted by molar-refractivity contribution is -0.0375. The van der Waals surface area contributed by atoms with E-state index >= 15 is 0 Å². The number of carbonyl (C=O) groups excluding carboxylic acids is 2. The largest absolute Gasteiger partial charge is 0.298 e. The van der Waals surface area contributed by atoms with Crippen LogP contribution in [-0.4, -0.2) is 29.5 Å². The molecule has 0 fully saturated rings. The van der Waals surface area contributed by atoms with Gasteiger partial charge in [0.2, 0.25) is 0 Å². The van der Waals surface area contributed by atoms with Gasteiger partial charge in [-0.05, 0) is 30.2 Å². The van der Waals surface area contributed by atoms with Gasteiger partial charge in [-0.3, -0.25) is 14.8 Å². The molecule has 1 amide bonds. The lowest BCUT2D eigenvalue weighted by Crippen LogP contribution is -2.23. The summed E-state index contributed by atoms with van der Waals surface area (Å²) in [5.74, 6) is -0.608. The van der Waals surface area contributed by atoms with Crippen LogP contribution in [0.4, 0.5) is 0 Å². The Bertz CT molecular complexity index is 663. The Morgan fingerprint density at radius 2 is 1.85 bits per heavy atom. The summed E-state index contributed by atoms with van der Waals surface area (Å²) in [5.41, 5.74) is 3.39. The molecule has 0 atom stereocenters. The zero-order valence-corrected chi connectivity index (χ0v) is 11.3. The van der Waals surface area contributed by atoms with Crippen LogP contribution in [0.1, 0.15) is 26.3 Å². The third-order valence-electron chi connectivity index (χ3n) is 3.05. The summed E-state index contributed by atoms with van der Waals surface area (Å²) in [6.07, 6.45) is 0.621. The van der Waals surface area contributed by atoms with Crippen molar-refractivity contribution in [2.24, 2.45) is 0 Å². The first-order chi connectivity index (χ1) is 9.52. The van der Waals surface area contributed by atoms with E-state index in [0.29, 0.717) is 11.3 Å². The molecule has 0 aliphatic carbocycles. The van der Waals surface area contributed by atoms with E-state index in [1.54, 1.807) is 18.2 Å². The molecule has 0 heterocycles. The predicted molar refractivity (Wildman–Crippen MR) is 75.9 cm³/mol. The van der Waals surface area contributed by atoms with Crippen LogP contribution in [0.25, 0.3) is 11.1 Å². The van der Waals surface area contributed by atoms with E-state index in [2.05, 4.69) is 0 Å². The lowest BCUT2D eigenvalue weighted by atomic mass is 9.98. The number of carbonyl (C=O) groups is 2. The summed E-state index contributed by atoms with van der Waals surface area (Å²) < 4.78 is 0. The number of rotatable bonds is 3. The zero-order chi connectivity index (χ0) is 14.7. The van der Waals surface area contributed by atoms with Crippen molar-refractivity contribution in [3.63, 3.8) is 0 Å². The SMILES string of the molecule is Cc1cccc(-c2ccc(C(=O)N(C)O)c(C=O)c2)c1. The first kappa shape index (κ1) is 14.0. The molecule has 2 aromatic carbocycles. The van der Waals surface area contributed by atoms with Crippen molar-refractivity contribution in [1.29, 1.82) is 0 Å². The van der Waals surface area contributed by atoms with Crippen molar-refractivity contribution in [3.05, 3.63) is 59.2 Å². The topological polar surface area (TPSA) is 57.6 Å². The molecular formula is C16H15NO3. The zero-order valence-electron chi connectivity index (χ0n) is 11.3. The van der Waals surface area contributed by atoms with E-state index in [4.69, 9.17) is 0 Å². The van der Waals surface area contributed by atoms with Crippen LogP contribution in [0.15, 0.2) is 42.5 Å². The highest BCUT2D eigenvalue weighted by Gasteiger charge is 2.15. The highest BCUT2D eigenvalue weighted by Crippen LogP contribution is 2.23. The monoisotopic (exact) mass is 269 g/mol. The van der Waals surface area contributed by atoms with Crippen LogP contribution in [0, 0.1) is 6.92 Å². The van der Waals surface area contributed by atoms with Gasteiger partial charge in [0.1, 0.15) is 0 Å². The van der Waals surface area contributed by atoms with Crippen molar-refractivity contribution in [2.45, 2.75) is 6.92 Å². The molecule has 1 N–H and O–H groups in total. The van der Waals surface area contributed by atoms with Crippen molar-refractivity contribution in [2.75, 3.05) is 7.05 Å². The fourth-order valence-electron chi connectivity index (χ4n) is 2.03. The maximum absolute atomic E-state index is 11.7. The second kappa shape index (κ2) is 5.67. The quantitative estimate of drug-likeness (QED) is 0.529. The Hall–Kier alpha value is -2.46. The van der Waals surface area contributed by atoms with Crippen molar-refractivity contribution in [1.82, 2.24) is 5.06 Å². The Morgan fingerprint density at radius 1 is 1.15 bits per heavy atom. The van der Waals surface area contributed by atoms with Gasteiger partial charge in [-0.25, -0.2) is 5.06 Å². The minimum absolute atomic E-state index is 0.182. The van der Waals surface area contributed by atoms with Gasteiger partial charge in [0, 0.05) is 12.6 Å². The Morgan fingerprint density at radius 3 is 2.45 bits per heavy atom. The molecule has 2 rings (SSSR count). The van der Waals surface area contributed by atoms with E-state index in [1.165, 1.54) is 7.05 Å². The smallest absolute Gasteiger partial charge is 0.277 e. The molecule has 0 aromatic heterocycles. The summed E-state index contributed by atoms with van der Waals surface area (Å²) in [6, 6.07) is 12.8. The summed E-state index contributed by atoms with van der Waals surface area (Å²) in [7, 11) is 1.23. The van der Waals surface area contributed by atoms with E-state index < -0.39 is 5.91 Å². The first-order valence-corrected chi connectivity index (χ1v) is 6.16. The molecule has 20 heavy (non-hydrogen) atoms. The average molecular weight is 269 g/mol. The average Bonchev–Trinajstić information content (AvgIpc) is 2.45. The molecule has 0 spiro atoms. The summed E-state index contributed by atoms with van der Waals surface area (Å²) in [6.45, 7) is 1.99. The molecule has 0 saturated carbocycles. The van der Waals surface area contributed by atoms with Gasteiger partial charge >= 0.3 is 0 Å². The van der Waals surface area contributed by atoms with Crippen LogP contribution >= 0.6 is 0 Å². The number of hydroxylamine groups is 2. The fraction of sp³-hybridized carbons (Fsp3) is 0.125. The number of amides is 1. The molecule has 0 radical (unpaired) electrons. The number of hydrogen-bond donors (Lipinski definition) is 1. The van der Waals surface area contributed by atoms with Gasteiger partial charge in [-0.1, -0.05) is 35.9 Å². The third kappa shape index (κ3) is 2.75. The fourth-order valence-corrected chi connectivity index (χ4v) is 2.03. The summed E-state index contributed by atoms with van der Waals surface area (Å²) >= 11 is 0. The third-order valence-corrected chi connectivity index (χ3v) is 3.05. The Balaban J connectivity index is 2.49. The van der Waals surface area contributed by atoms with Crippen LogP contribution in [0.5, 0.6) is 0 Å². The van der Waals surface area contributed by atoms with Gasteiger partial charge in [-0.15, -0.1) is 0 Å². The predicted octanol–water partition coefficient (Wildman–Crippen LogP) is 2.94. The van der Waals surface area contributed by atoms with Crippen LogP contribution in [0.3, 0.4) is 0 Å². The summed E-state index contributed by atoms with van der Waals surface area (Å²) in [4.78, 5) is 22.9. The van der Waals surface area contributed by atoms with Crippen molar-refractivity contribution < 1.29 is 14.8 Å². The number of nitrogens with zero attached hydrogens (tertiary/aromatic N) is 1. The second-order valence-electron chi connectivity index (χ2n) is 4.62. The van der Waals surface area contributed by atoms with Crippen LogP contribution in [0.2, 0.25) is 0 Å². The van der Waals surface area contributed by atoms with Crippen molar-refractivity contribution >= 4 is 12.2 Å². The molecule has 0 aliphatic heterocycles. The minimum Gasteiger partial charge on any atom is -0.298 e. The van der Waals surface area contributed by atoms with E-state index in [9.17, 15) is 14.8 Å². The van der Waals surface area contributed by atoms with Crippen LogP contribution in [-0.2, 0) is 0 Å². The second-order valence-corrected chi connectivity index (χ2v) is 4.62. The number of hydrogen-bond acceptors (Lipinski definition) is 3. The molecule has 0 aliphatic rings. The van der Waals surface area contributed by atoms with E-state index in [-0.39, 0.29) is 11.1 Å². The highest BCUT2D eigenvalue weighted by molar-refractivity contribution is 6.01. The molecule has 0 saturated heterocycles. The van der Waals surface area contributed by atoms with Gasteiger partial charge in [0.15, 0.2) is 6.29 Å². The maximum Gasteiger partial charge on any atom is 0.277 e. The van der Waals surface area contributed by atoms with Gasteiger partial charge < -0.3 is 0 Å². The summed E-state index contributed by atoms with van der Waals surface area (Å²) in [5, 5.41) is 9.65.